The molecule has 0 radical (unpaired) electrons. The molecule has 1 atom stereocenters. The molecule has 0 aliphatic heterocycles. The average Bonchev–Trinajstić information content (AvgIpc) is 2.87. The lowest BCUT2D eigenvalue weighted by atomic mass is 10.1. The van der Waals surface area contributed by atoms with E-state index >= 15 is 0 Å². The topological polar surface area (TPSA) is 137 Å². The maximum atomic E-state index is 12.7. The Morgan fingerprint density at radius 2 is 1.37 bits per heavy atom. The molecule has 3 rings (SSSR count). The molecule has 180 valence electrons. The van der Waals surface area contributed by atoms with Gasteiger partial charge in [-0.2, -0.15) is 0 Å². The molecular formula is C26H25N3O6. The van der Waals surface area contributed by atoms with E-state index in [-0.39, 0.29) is 13.0 Å². The van der Waals surface area contributed by atoms with Gasteiger partial charge in [0, 0.05) is 17.7 Å². The first-order chi connectivity index (χ1) is 16.9. The Bertz CT molecular complexity index is 1150. The second kappa shape index (κ2) is 12.5. The van der Waals surface area contributed by atoms with Crippen LogP contribution in [0.15, 0.2) is 84.9 Å². The van der Waals surface area contributed by atoms with E-state index < -0.39 is 36.5 Å². The highest BCUT2D eigenvalue weighted by atomic mass is 16.6. The standard InChI is InChI=1S/C26H25N3O6/c27-24(31)20-11-13-21(14-12-20)28-23(30)17-34-25(32)22(15-18-7-3-1-4-8-18)29-26(33)35-16-19-9-5-2-6-10-19/h1-14,22H,15-17H2,(H2,27,31)(H,28,30)(H,29,33)/t22-/m1/s1. The summed E-state index contributed by atoms with van der Waals surface area (Å²) in [6.07, 6.45) is -0.637. The van der Waals surface area contributed by atoms with Crippen molar-refractivity contribution < 1.29 is 28.7 Å². The minimum absolute atomic E-state index is 0.0384. The highest BCUT2D eigenvalue weighted by molar-refractivity contribution is 5.95. The van der Waals surface area contributed by atoms with Crippen LogP contribution in [0.2, 0.25) is 0 Å². The predicted octanol–water partition coefficient (Wildman–Crippen LogP) is 2.80. The van der Waals surface area contributed by atoms with Gasteiger partial charge in [-0.05, 0) is 35.4 Å². The van der Waals surface area contributed by atoms with Crippen molar-refractivity contribution >= 4 is 29.6 Å². The number of carbonyl (C=O) groups is 4. The molecule has 0 heterocycles. The average molecular weight is 476 g/mol. The van der Waals surface area contributed by atoms with Crippen molar-refractivity contribution in [2.45, 2.75) is 19.1 Å². The number of ether oxygens (including phenoxy) is 2. The van der Waals surface area contributed by atoms with Gasteiger partial charge in [0.25, 0.3) is 5.91 Å². The minimum Gasteiger partial charge on any atom is -0.454 e. The zero-order valence-electron chi connectivity index (χ0n) is 18.8. The zero-order valence-corrected chi connectivity index (χ0v) is 18.8. The van der Waals surface area contributed by atoms with Crippen LogP contribution in [-0.2, 0) is 32.1 Å². The van der Waals surface area contributed by atoms with Gasteiger partial charge in [0.15, 0.2) is 6.61 Å². The normalized spacial score (nSPS) is 11.1. The summed E-state index contributed by atoms with van der Waals surface area (Å²) >= 11 is 0. The Morgan fingerprint density at radius 3 is 1.97 bits per heavy atom. The van der Waals surface area contributed by atoms with Crippen molar-refractivity contribution in [3.05, 3.63) is 102 Å². The number of hydrogen-bond acceptors (Lipinski definition) is 6. The minimum atomic E-state index is -1.07. The van der Waals surface area contributed by atoms with Crippen molar-refractivity contribution in [3.8, 4) is 0 Å². The molecule has 0 saturated heterocycles. The molecule has 35 heavy (non-hydrogen) atoms. The highest BCUT2D eigenvalue weighted by Gasteiger charge is 2.24. The van der Waals surface area contributed by atoms with Gasteiger partial charge in [0.1, 0.15) is 12.6 Å². The van der Waals surface area contributed by atoms with E-state index in [4.69, 9.17) is 15.2 Å². The Morgan fingerprint density at radius 1 is 0.771 bits per heavy atom. The maximum absolute atomic E-state index is 12.7. The number of anilines is 1. The van der Waals surface area contributed by atoms with Crippen LogP contribution in [0.4, 0.5) is 10.5 Å². The molecule has 0 fully saturated rings. The fraction of sp³-hybridized carbons (Fsp3) is 0.154. The number of carbonyl (C=O) groups excluding carboxylic acids is 4. The van der Waals surface area contributed by atoms with Crippen LogP contribution in [0.1, 0.15) is 21.5 Å². The van der Waals surface area contributed by atoms with E-state index in [1.807, 2.05) is 48.5 Å². The van der Waals surface area contributed by atoms with Crippen LogP contribution in [-0.4, -0.2) is 36.5 Å². The summed E-state index contributed by atoms with van der Waals surface area (Å²) in [6, 6.07) is 23.0. The molecule has 3 amide bonds. The van der Waals surface area contributed by atoms with Gasteiger partial charge < -0.3 is 25.8 Å². The first-order valence-electron chi connectivity index (χ1n) is 10.8. The predicted molar refractivity (Wildman–Crippen MR) is 128 cm³/mol. The molecule has 9 nitrogen and oxygen atoms in total. The number of alkyl carbamates (subject to hydrolysis) is 1. The van der Waals surface area contributed by atoms with E-state index in [2.05, 4.69) is 10.6 Å². The molecule has 3 aromatic carbocycles. The third-order valence-electron chi connectivity index (χ3n) is 4.87. The Hall–Kier alpha value is -4.66. The second-order valence-electron chi connectivity index (χ2n) is 7.55. The summed E-state index contributed by atoms with van der Waals surface area (Å²) < 4.78 is 10.3. The molecule has 0 aromatic heterocycles. The lowest BCUT2D eigenvalue weighted by Crippen LogP contribution is -2.44. The lowest BCUT2D eigenvalue weighted by molar-refractivity contribution is -0.149. The summed E-state index contributed by atoms with van der Waals surface area (Å²) in [7, 11) is 0. The summed E-state index contributed by atoms with van der Waals surface area (Å²) in [6.45, 7) is -0.529. The fourth-order valence-corrected chi connectivity index (χ4v) is 3.10. The third-order valence-corrected chi connectivity index (χ3v) is 4.87. The van der Waals surface area contributed by atoms with Crippen LogP contribution >= 0.6 is 0 Å². The lowest BCUT2D eigenvalue weighted by Gasteiger charge is -2.18. The monoisotopic (exact) mass is 475 g/mol. The quantitative estimate of drug-likeness (QED) is 0.386. The number of hydrogen-bond donors (Lipinski definition) is 3. The zero-order chi connectivity index (χ0) is 25.0. The molecule has 0 saturated carbocycles. The molecule has 0 bridgehead atoms. The van der Waals surface area contributed by atoms with Gasteiger partial charge in [-0.15, -0.1) is 0 Å². The molecule has 0 unspecified atom stereocenters. The molecule has 0 aliphatic carbocycles. The number of primary amides is 1. The van der Waals surface area contributed by atoms with Crippen molar-refractivity contribution in [1.82, 2.24) is 5.32 Å². The van der Waals surface area contributed by atoms with Gasteiger partial charge in [-0.1, -0.05) is 60.7 Å². The van der Waals surface area contributed by atoms with Crippen LogP contribution in [0.5, 0.6) is 0 Å². The molecule has 9 heteroatoms. The molecule has 0 aliphatic rings. The summed E-state index contributed by atoms with van der Waals surface area (Å²) in [5.74, 6) is -1.96. The largest absolute Gasteiger partial charge is 0.454 e. The first kappa shape index (κ1) is 25.0. The van der Waals surface area contributed by atoms with Crippen LogP contribution in [0.3, 0.4) is 0 Å². The van der Waals surface area contributed by atoms with E-state index in [9.17, 15) is 19.2 Å². The highest BCUT2D eigenvalue weighted by Crippen LogP contribution is 2.10. The van der Waals surface area contributed by atoms with E-state index in [1.54, 1.807) is 12.1 Å². The summed E-state index contributed by atoms with van der Waals surface area (Å²) in [5, 5.41) is 5.07. The number of nitrogens with two attached hydrogens (primary N) is 1. The second-order valence-corrected chi connectivity index (χ2v) is 7.55. The Kier molecular flexibility index (Phi) is 8.95. The third kappa shape index (κ3) is 8.32. The number of rotatable bonds is 10. The van der Waals surface area contributed by atoms with Crippen molar-refractivity contribution in [2.75, 3.05) is 11.9 Å². The molecule has 3 aromatic rings. The van der Waals surface area contributed by atoms with Crippen LogP contribution in [0, 0.1) is 0 Å². The van der Waals surface area contributed by atoms with Crippen molar-refractivity contribution in [3.63, 3.8) is 0 Å². The van der Waals surface area contributed by atoms with Gasteiger partial charge in [0.05, 0.1) is 0 Å². The van der Waals surface area contributed by atoms with E-state index in [1.165, 1.54) is 24.3 Å². The van der Waals surface area contributed by atoms with E-state index in [0.29, 0.717) is 11.3 Å². The Labute approximate surface area is 202 Å². The van der Waals surface area contributed by atoms with Crippen molar-refractivity contribution in [2.24, 2.45) is 5.73 Å². The summed E-state index contributed by atoms with van der Waals surface area (Å²) in [5.41, 5.74) is 7.47. The smallest absolute Gasteiger partial charge is 0.408 e. The number of esters is 1. The molecular weight excluding hydrogens is 450 g/mol. The van der Waals surface area contributed by atoms with Crippen LogP contribution < -0.4 is 16.4 Å². The summed E-state index contributed by atoms with van der Waals surface area (Å²) in [4.78, 5) is 48.4. The molecule has 0 spiro atoms. The number of nitrogens with one attached hydrogen (secondary N) is 2. The van der Waals surface area contributed by atoms with Gasteiger partial charge >= 0.3 is 12.1 Å². The van der Waals surface area contributed by atoms with E-state index in [0.717, 1.165) is 11.1 Å². The first-order valence-corrected chi connectivity index (χ1v) is 10.8. The van der Waals surface area contributed by atoms with Crippen LogP contribution in [0.25, 0.3) is 0 Å². The maximum Gasteiger partial charge on any atom is 0.408 e. The fourth-order valence-electron chi connectivity index (χ4n) is 3.10. The number of benzene rings is 3. The Balaban J connectivity index is 1.56. The van der Waals surface area contributed by atoms with Crippen molar-refractivity contribution in [1.29, 1.82) is 0 Å². The number of amides is 3. The SMILES string of the molecule is NC(=O)c1ccc(NC(=O)COC(=O)[C@@H](Cc2ccccc2)NC(=O)OCc2ccccc2)cc1. The molecule has 4 N–H and O–H groups in total. The van der Waals surface area contributed by atoms with Gasteiger partial charge in [-0.3, -0.25) is 9.59 Å². The van der Waals surface area contributed by atoms with Gasteiger partial charge in [0.2, 0.25) is 5.91 Å². The van der Waals surface area contributed by atoms with Gasteiger partial charge in [-0.25, -0.2) is 9.59 Å².